The van der Waals surface area contributed by atoms with Crippen LogP contribution in [0, 0.1) is 0 Å². The fourth-order valence-corrected chi connectivity index (χ4v) is 5.06. The fraction of sp³-hybridized carbons (Fsp3) is 0.143. The Kier molecular flexibility index (Phi) is 10.8. The summed E-state index contributed by atoms with van der Waals surface area (Å²) in [6.07, 6.45) is 1.62. The van der Waals surface area contributed by atoms with Crippen LogP contribution in [0.2, 0.25) is 0 Å². The number of nitrogens with one attached hydrogen (secondary N) is 3. The molecule has 0 aromatic heterocycles. The Labute approximate surface area is 265 Å². The molecule has 0 saturated carbocycles. The molecule has 0 spiro atoms. The third-order valence-electron chi connectivity index (χ3n) is 6.73. The first-order valence-electron chi connectivity index (χ1n) is 14.1. The summed E-state index contributed by atoms with van der Waals surface area (Å²) in [7, 11) is 0. The van der Waals surface area contributed by atoms with Crippen LogP contribution in [0.15, 0.2) is 108 Å². The van der Waals surface area contributed by atoms with Crippen LogP contribution in [0.25, 0.3) is 6.08 Å². The molecule has 4 rings (SSSR count). The maximum atomic E-state index is 13.4. The molecule has 4 aromatic carbocycles. The molecule has 0 aliphatic carbocycles. The van der Waals surface area contributed by atoms with E-state index in [0.29, 0.717) is 17.2 Å². The van der Waals surface area contributed by atoms with Gasteiger partial charge in [-0.05, 0) is 84.6 Å². The van der Waals surface area contributed by atoms with Crippen molar-refractivity contribution >= 4 is 52.9 Å². The van der Waals surface area contributed by atoms with Crippen molar-refractivity contribution in [3.05, 3.63) is 125 Å². The maximum absolute atomic E-state index is 13.4. The van der Waals surface area contributed by atoms with Crippen molar-refractivity contribution in [3.63, 3.8) is 0 Å². The van der Waals surface area contributed by atoms with Crippen molar-refractivity contribution in [1.82, 2.24) is 5.32 Å². The van der Waals surface area contributed by atoms with E-state index in [1.54, 1.807) is 67.6 Å². The van der Waals surface area contributed by atoms with Crippen molar-refractivity contribution in [2.45, 2.75) is 36.8 Å². The average molecular weight is 624 g/mol. The Balaban J connectivity index is 1.44. The number of carboxylic acid groups (broad SMARTS) is 1. The summed E-state index contributed by atoms with van der Waals surface area (Å²) in [6.45, 7) is 5.90. The average Bonchev–Trinajstić information content (AvgIpc) is 3.03. The Hall–Kier alpha value is -5.35. The highest BCUT2D eigenvalue weighted by Crippen LogP contribution is 2.27. The van der Waals surface area contributed by atoms with Gasteiger partial charge in [0, 0.05) is 21.8 Å². The lowest BCUT2D eigenvalue weighted by atomic mass is 10.0. The van der Waals surface area contributed by atoms with Crippen LogP contribution >= 0.6 is 11.8 Å². The summed E-state index contributed by atoms with van der Waals surface area (Å²) >= 11 is 1.27. The zero-order chi connectivity index (χ0) is 32.5. The fourth-order valence-electron chi connectivity index (χ4n) is 4.19. The molecule has 5 N–H and O–H groups in total. The van der Waals surface area contributed by atoms with Crippen LogP contribution in [0.1, 0.15) is 58.5 Å². The number of hydrogen-bond acceptors (Lipinski definition) is 6. The first-order chi connectivity index (χ1) is 21.5. The summed E-state index contributed by atoms with van der Waals surface area (Å²) in [6, 6.07) is 27.1. The molecule has 0 bridgehead atoms. The minimum absolute atomic E-state index is 0.0742. The van der Waals surface area contributed by atoms with E-state index in [1.807, 2.05) is 24.3 Å². The predicted octanol–water partition coefficient (Wildman–Crippen LogP) is 6.74. The summed E-state index contributed by atoms with van der Waals surface area (Å²) in [4.78, 5) is 51.0. The van der Waals surface area contributed by atoms with Gasteiger partial charge in [-0.15, -0.1) is 11.8 Å². The van der Waals surface area contributed by atoms with Gasteiger partial charge in [-0.25, -0.2) is 4.79 Å². The first kappa shape index (κ1) is 32.6. The topological polar surface area (TPSA) is 145 Å². The number of carboxylic acids is 1. The van der Waals surface area contributed by atoms with Crippen LogP contribution in [0.3, 0.4) is 0 Å². The zero-order valence-corrected chi connectivity index (χ0v) is 25.7. The second-order valence-electron chi connectivity index (χ2n) is 10.5. The van der Waals surface area contributed by atoms with Crippen molar-refractivity contribution in [2.24, 2.45) is 0 Å². The van der Waals surface area contributed by atoms with Crippen molar-refractivity contribution in [2.75, 3.05) is 10.6 Å². The van der Waals surface area contributed by atoms with Crippen molar-refractivity contribution < 1.29 is 29.4 Å². The van der Waals surface area contributed by atoms with Gasteiger partial charge in [0.1, 0.15) is 17.0 Å². The van der Waals surface area contributed by atoms with E-state index in [4.69, 9.17) is 0 Å². The number of carbonyl (C=O) groups excluding carboxylic acids is 3. The lowest BCUT2D eigenvalue weighted by Crippen LogP contribution is -2.30. The Morgan fingerprint density at radius 3 is 2.04 bits per heavy atom. The minimum Gasteiger partial charge on any atom is -0.507 e. The summed E-state index contributed by atoms with van der Waals surface area (Å²) in [5.74, 6) is -2.62. The quantitative estimate of drug-likeness (QED) is 0.0707. The number of aromatic hydroxyl groups is 1. The molecule has 0 aliphatic heterocycles. The van der Waals surface area contributed by atoms with Crippen LogP contribution in [-0.2, 0) is 9.59 Å². The van der Waals surface area contributed by atoms with Crippen molar-refractivity contribution in [1.29, 1.82) is 0 Å². The monoisotopic (exact) mass is 623 g/mol. The molecule has 3 amide bonds. The number of carbonyl (C=O) groups is 4. The standard InChI is InChI=1S/C35H33N3O6S/c1-21(2)24-11-9-23(10-12-24)19-30(38-33(41)25-7-5-4-6-8-25)34(42)36-26-13-16-28(17-14-26)45-22(3)32(40)37-27-15-18-31(39)29(20-27)35(43)44/h4-22,39H,1-3H3,(H,36,42)(H,37,40)(H,38,41)(H,43,44)/b30-19-. The van der Waals surface area contributed by atoms with E-state index in [2.05, 4.69) is 29.8 Å². The molecular weight excluding hydrogens is 590 g/mol. The SMILES string of the molecule is CC(Sc1ccc(NC(=O)/C(=C/c2ccc(C(C)C)cc2)NC(=O)c2ccccc2)cc1)C(=O)Nc1ccc(O)c(C(=O)O)c1. The summed E-state index contributed by atoms with van der Waals surface area (Å²) in [5.41, 5.74) is 2.82. The molecule has 0 fully saturated rings. The molecule has 10 heteroatoms. The highest BCUT2D eigenvalue weighted by atomic mass is 32.2. The molecule has 4 aromatic rings. The summed E-state index contributed by atoms with van der Waals surface area (Å²) in [5, 5.41) is 26.5. The van der Waals surface area contributed by atoms with Gasteiger partial charge in [-0.1, -0.05) is 56.3 Å². The van der Waals surface area contributed by atoms with Gasteiger partial charge in [0.15, 0.2) is 0 Å². The lowest BCUT2D eigenvalue weighted by molar-refractivity contribution is -0.115. The van der Waals surface area contributed by atoms with Crippen LogP contribution < -0.4 is 16.0 Å². The molecule has 0 heterocycles. The Morgan fingerprint density at radius 2 is 1.42 bits per heavy atom. The van der Waals surface area contributed by atoms with Gasteiger partial charge in [0.05, 0.1) is 5.25 Å². The number of hydrogen-bond donors (Lipinski definition) is 5. The number of anilines is 2. The molecule has 1 unspecified atom stereocenters. The van der Waals surface area contributed by atoms with E-state index in [0.717, 1.165) is 16.0 Å². The summed E-state index contributed by atoms with van der Waals surface area (Å²) < 4.78 is 0. The molecule has 230 valence electrons. The van der Waals surface area contributed by atoms with E-state index < -0.39 is 28.8 Å². The Bertz CT molecular complexity index is 1720. The van der Waals surface area contributed by atoms with Gasteiger partial charge >= 0.3 is 5.97 Å². The largest absolute Gasteiger partial charge is 0.507 e. The third-order valence-corrected chi connectivity index (χ3v) is 7.84. The van der Waals surface area contributed by atoms with Gasteiger partial charge in [0.2, 0.25) is 5.91 Å². The molecule has 9 nitrogen and oxygen atoms in total. The second kappa shape index (κ2) is 14.9. The molecule has 45 heavy (non-hydrogen) atoms. The van der Waals surface area contributed by atoms with Gasteiger partial charge < -0.3 is 26.2 Å². The number of amides is 3. The minimum atomic E-state index is -1.31. The van der Waals surface area contributed by atoms with Crippen molar-refractivity contribution in [3.8, 4) is 5.75 Å². The number of benzene rings is 4. The molecule has 0 radical (unpaired) electrons. The van der Waals surface area contributed by atoms with Gasteiger partial charge in [0.25, 0.3) is 11.8 Å². The van der Waals surface area contributed by atoms with E-state index in [-0.39, 0.29) is 22.9 Å². The number of thioether (sulfide) groups is 1. The van der Waals surface area contributed by atoms with E-state index >= 15 is 0 Å². The normalized spacial score (nSPS) is 11.9. The van der Waals surface area contributed by atoms with E-state index in [9.17, 15) is 29.4 Å². The highest BCUT2D eigenvalue weighted by molar-refractivity contribution is 8.00. The van der Waals surface area contributed by atoms with Crippen LogP contribution in [0.5, 0.6) is 5.75 Å². The zero-order valence-electron chi connectivity index (χ0n) is 24.9. The number of rotatable bonds is 11. The maximum Gasteiger partial charge on any atom is 0.339 e. The predicted molar refractivity (Wildman–Crippen MR) is 177 cm³/mol. The molecule has 0 aliphatic rings. The second-order valence-corrected chi connectivity index (χ2v) is 11.9. The van der Waals surface area contributed by atoms with E-state index in [1.165, 1.54) is 30.0 Å². The lowest BCUT2D eigenvalue weighted by Gasteiger charge is -2.14. The highest BCUT2D eigenvalue weighted by Gasteiger charge is 2.18. The van der Waals surface area contributed by atoms with Crippen LogP contribution in [0.4, 0.5) is 11.4 Å². The Morgan fingerprint density at radius 1 is 0.778 bits per heavy atom. The number of phenols is 1. The molecule has 1 atom stereocenters. The van der Waals surface area contributed by atoms with Crippen LogP contribution in [-0.4, -0.2) is 39.2 Å². The van der Waals surface area contributed by atoms with Gasteiger partial charge in [-0.3, -0.25) is 14.4 Å². The third kappa shape index (κ3) is 9.07. The van der Waals surface area contributed by atoms with Gasteiger partial charge in [-0.2, -0.15) is 0 Å². The molecule has 0 saturated heterocycles. The smallest absolute Gasteiger partial charge is 0.339 e. The molecular formula is C35H33N3O6S. The number of aromatic carboxylic acids is 1. The first-order valence-corrected chi connectivity index (χ1v) is 15.0.